The molecule has 0 radical (unpaired) electrons. The lowest BCUT2D eigenvalue weighted by Gasteiger charge is -2.29. The van der Waals surface area contributed by atoms with Crippen molar-refractivity contribution in [1.82, 2.24) is 4.90 Å². The van der Waals surface area contributed by atoms with Gasteiger partial charge < -0.3 is 20.7 Å². The van der Waals surface area contributed by atoms with E-state index in [2.05, 4.69) is 5.32 Å². The van der Waals surface area contributed by atoms with Gasteiger partial charge in [-0.1, -0.05) is 0 Å². The van der Waals surface area contributed by atoms with E-state index in [0.29, 0.717) is 0 Å². The van der Waals surface area contributed by atoms with Crippen LogP contribution in [0.25, 0.3) is 0 Å². The SMILES string of the molecule is CN(C)[C@@H](C(N)=O)C(=O)Nc1ccc(N2CCOCC2=O)c(C(F)F)c1. The Morgan fingerprint density at radius 3 is 2.58 bits per heavy atom. The Hall–Kier alpha value is -2.59. The van der Waals surface area contributed by atoms with E-state index in [0.717, 1.165) is 6.07 Å². The molecular formula is C16H20F2N4O4. The van der Waals surface area contributed by atoms with Crippen LogP contribution in [0.5, 0.6) is 0 Å². The summed E-state index contributed by atoms with van der Waals surface area (Å²) >= 11 is 0. The number of carbonyl (C=O) groups excluding carboxylic acids is 3. The molecule has 3 amide bonds. The van der Waals surface area contributed by atoms with Gasteiger partial charge in [0.15, 0.2) is 6.04 Å². The van der Waals surface area contributed by atoms with Crippen LogP contribution >= 0.6 is 0 Å². The molecule has 0 aromatic heterocycles. The van der Waals surface area contributed by atoms with E-state index in [9.17, 15) is 23.2 Å². The highest BCUT2D eigenvalue weighted by molar-refractivity contribution is 6.09. The van der Waals surface area contributed by atoms with Crippen LogP contribution in [0.3, 0.4) is 0 Å². The summed E-state index contributed by atoms with van der Waals surface area (Å²) in [6.45, 7) is 0.231. The van der Waals surface area contributed by atoms with Gasteiger partial charge in [-0.3, -0.25) is 19.3 Å². The van der Waals surface area contributed by atoms with Gasteiger partial charge in [-0.05, 0) is 32.3 Å². The largest absolute Gasteiger partial charge is 0.370 e. The monoisotopic (exact) mass is 370 g/mol. The molecular weight excluding hydrogens is 350 g/mol. The van der Waals surface area contributed by atoms with Gasteiger partial charge in [0.2, 0.25) is 5.91 Å². The molecule has 0 bridgehead atoms. The van der Waals surface area contributed by atoms with Gasteiger partial charge in [0.05, 0.1) is 12.3 Å². The number of ether oxygens (including phenoxy) is 1. The minimum Gasteiger partial charge on any atom is -0.370 e. The zero-order chi connectivity index (χ0) is 19.4. The quantitative estimate of drug-likeness (QED) is 0.703. The maximum atomic E-state index is 13.5. The zero-order valence-corrected chi connectivity index (χ0v) is 14.4. The number of likely N-dealkylation sites (N-methyl/N-ethyl adjacent to an activating group) is 1. The highest BCUT2D eigenvalue weighted by Gasteiger charge is 2.28. The van der Waals surface area contributed by atoms with Crippen LogP contribution in [0.4, 0.5) is 20.2 Å². The lowest BCUT2D eigenvalue weighted by Crippen LogP contribution is -2.48. The first-order valence-corrected chi connectivity index (χ1v) is 7.79. The Morgan fingerprint density at radius 2 is 2.04 bits per heavy atom. The van der Waals surface area contributed by atoms with Gasteiger partial charge in [0.25, 0.3) is 18.2 Å². The van der Waals surface area contributed by atoms with E-state index < -0.39 is 35.8 Å². The van der Waals surface area contributed by atoms with Crippen molar-refractivity contribution in [2.24, 2.45) is 5.73 Å². The summed E-state index contributed by atoms with van der Waals surface area (Å²) in [4.78, 5) is 38.0. The van der Waals surface area contributed by atoms with E-state index in [-0.39, 0.29) is 31.1 Å². The smallest absolute Gasteiger partial charge is 0.265 e. The molecule has 1 atom stereocenters. The van der Waals surface area contributed by atoms with Crippen LogP contribution in [-0.2, 0) is 19.1 Å². The van der Waals surface area contributed by atoms with Crippen LogP contribution in [0, 0.1) is 0 Å². The molecule has 1 aliphatic rings. The first-order chi connectivity index (χ1) is 12.2. The lowest BCUT2D eigenvalue weighted by molar-refractivity contribution is -0.131. The van der Waals surface area contributed by atoms with Crippen LogP contribution in [0.2, 0.25) is 0 Å². The van der Waals surface area contributed by atoms with Crippen molar-refractivity contribution in [2.45, 2.75) is 12.5 Å². The Kier molecular flexibility index (Phi) is 6.22. The number of nitrogens with two attached hydrogens (primary N) is 1. The summed E-state index contributed by atoms with van der Waals surface area (Å²) < 4.78 is 32.0. The highest BCUT2D eigenvalue weighted by Crippen LogP contribution is 2.33. The van der Waals surface area contributed by atoms with E-state index in [4.69, 9.17) is 10.5 Å². The van der Waals surface area contributed by atoms with Crippen molar-refractivity contribution < 1.29 is 27.9 Å². The number of nitrogens with zero attached hydrogens (tertiary/aromatic N) is 2. The number of primary amides is 1. The predicted octanol–water partition coefficient (Wildman–Crippen LogP) is 0.341. The molecule has 0 spiro atoms. The molecule has 1 aromatic rings. The number of hydrogen-bond donors (Lipinski definition) is 2. The first-order valence-electron chi connectivity index (χ1n) is 7.79. The average Bonchev–Trinajstić information content (AvgIpc) is 2.54. The topological polar surface area (TPSA) is 105 Å². The molecule has 1 heterocycles. The summed E-state index contributed by atoms with van der Waals surface area (Å²) in [6.07, 6.45) is -2.86. The van der Waals surface area contributed by atoms with Gasteiger partial charge in [-0.25, -0.2) is 8.78 Å². The van der Waals surface area contributed by atoms with Crippen LogP contribution < -0.4 is 16.0 Å². The van der Waals surface area contributed by atoms with Gasteiger partial charge in [-0.2, -0.15) is 0 Å². The standard InChI is InChI=1S/C16H20F2N4O4/c1-21(2)13(15(19)24)16(25)20-9-3-4-11(10(7-9)14(17)18)22-5-6-26-8-12(22)23/h3-4,7,13-14H,5-6,8H2,1-2H3,(H2,19,24)(H,20,25)/t13-/m0/s1. The fourth-order valence-corrected chi connectivity index (χ4v) is 2.65. The van der Waals surface area contributed by atoms with Gasteiger partial charge in [0, 0.05) is 17.8 Å². The predicted molar refractivity (Wildman–Crippen MR) is 89.9 cm³/mol. The van der Waals surface area contributed by atoms with Gasteiger partial charge in [0.1, 0.15) is 6.61 Å². The third kappa shape index (κ3) is 4.33. The number of nitrogens with one attached hydrogen (secondary N) is 1. The number of alkyl halides is 2. The van der Waals surface area contributed by atoms with Crippen molar-refractivity contribution in [3.63, 3.8) is 0 Å². The van der Waals surface area contributed by atoms with E-state index in [1.54, 1.807) is 0 Å². The van der Waals surface area contributed by atoms with Crippen molar-refractivity contribution >= 4 is 29.1 Å². The Balaban J connectivity index is 2.29. The summed E-state index contributed by atoms with van der Waals surface area (Å²) in [6, 6.07) is 2.55. The molecule has 8 nitrogen and oxygen atoms in total. The van der Waals surface area contributed by atoms with Gasteiger partial charge >= 0.3 is 0 Å². The molecule has 142 valence electrons. The lowest BCUT2D eigenvalue weighted by atomic mass is 10.1. The molecule has 1 aromatic carbocycles. The maximum absolute atomic E-state index is 13.5. The van der Waals surface area contributed by atoms with E-state index >= 15 is 0 Å². The molecule has 26 heavy (non-hydrogen) atoms. The normalized spacial score (nSPS) is 16.1. The van der Waals surface area contributed by atoms with E-state index in [1.807, 2.05) is 0 Å². The van der Waals surface area contributed by atoms with Crippen molar-refractivity contribution in [3.8, 4) is 0 Å². The fraction of sp³-hybridized carbons (Fsp3) is 0.438. The Bertz CT molecular complexity index is 711. The second-order valence-electron chi connectivity index (χ2n) is 5.93. The Labute approximate surface area is 148 Å². The van der Waals surface area contributed by atoms with E-state index in [1.165, 1.54) is 36.0 Å². The number of amides is 3. The molecule has 3 N–H and O–H groups in total. The zero-order valence-electron chi connectivity index (χ0n) is 14.4. The minimum absolute atomic E-state index is 0.0605. The number of carbonyl (C=O) groups is 3. The first kappa shape index (κ1) is 19.7. The number of hydrogen-bond acceptors (Lipinski definition) is 5. The number of anilines is 2. The highest BCUT2D eigenvalue weighted by atomic mass is 19.3. The number of halogens is 2. The van der Waals surface area contributed by atoms with Crippen molar-refractivity contribution in [3.05, 3.63) is 23.8 Å². The number of rotatable bonds is 6. The molecule has 1 fully saturated rings. The van der Waals surface area contributed by atoms with Crippen molar-refractivity contribution in [2.75, 3.05) is 44.1 Å². The van der Waals surface area contributed by atoms with Gasteiger partial charge in [-0.15, -0.1) is 0 Å². The third-order valence-electron chi connectivity index (χ3n) is 3.84. The summed E-state index contributed by atoms with van der Waals surface area (Å²) in [5.41, 5.74) is 4.92. The summed E-state index contributed by atoms with van der Waals surface area (Å²) in [5, 5.41) is 2.40. The van der Waals surface area contributed by atoms with Crippen LogP contribution in [0.15, 0.2) is 18.2 Å². The minimum atomic E-state index is -2.86. The molecule has 0 saturated carbocycles. The average molecular weight is 370 g/mol. The van der Waals surface area contributed by atoms with Crippen LogP contribution in [-0.4, -0.2) is 62.5 Å². The number of benzene rings is 1. The third-order valence-corrected chi connectivity index (χ3v) is 3.84. The molecule has 1 aliphatic heterocycles. The van der Waals surface area contributed by atoms with Crippen LogP contribution in [0.1, 0.15) is 12.0 Å². The molecule has 2 rings (SSSR count). The molecule has 1 saturated heterocycles. The Morgan fingerprint density at radius 1 is 1.35 bits per heavy atom. The second-order valence-corrected chi connectivity index (χ2v) is 5.93. The molecule has 0 unspecified atom stereocenters. The second kappa shape index (κ2) is 8.19. The molecule has 0 aliphatic carbocycles. The summed E-state index contributed by atoms with van der Waals surface area (Å²) in [5.74, 6) is -2.02. The molecule has 10 heteroatoms. The van der Waals surface area contributed by atoms with Crippen molar-refractivity contribution in [1.29, 1.82) is 0 Å². The number of morpholine rings is 1. The summed E-state index contributed by atoms with van der Waals surface area (Å²) in [7, 11) is 2.99. The fourth-order valence-electron chi connectivity index (χ4n) is 2.65. The maximum Gasteiger partial charge on any atom is 0.265 e.